The molecule has 0 radical (unpaired) electrons. The monoisotopic (exact) mass is 464 g/mol. The molecule has 0 N–H and O–H groups in total. The number of benzene rings is 1. The van der Waals surface area contributed by atoms with Crippen LogP contribution in [-0.4, -0.2) is 58.8 Å². The van der Waals surface area contributed by atoms with Crippen LogP contribution in [0.2, 0.25) is 0 Å². The van der Waals surface area contributed by atoms with Gasteiger partial charge < -0.3 is 14.7 Å². The van der Waals surface area contributed by atoms with Gasteiger partial charge in [0, 0.05) is 56.6 Å². The highest BCUT2D eigenvalue weighted by Gasteiger charge is 2.25. The van der Waals surface area contributed by atoms with Crippen molar-refractivity contribution in [1.29, 1.82) is 0 Å². The first-order chi connectivity index (χ1) is 15.3. The Balaban J connectivity index is 2.04. The number of carbonyl (C=O) groups is 2. The summed E-state index contributed by atoms with van der Waals surface area (Å²) in [7, 11) is 0. The van der Waals surface area contributed by atoms with Gasteiger partial charge in [-0.25, -0.2) is 13.8 Å². The number of nitrogens with zero attached hydrogens (tertiary/aromatic N) is 4. The fraction of sp³-hybridized carbons (Fsp3) is 0.522. The maximum Gasteiger partial charge on any atom is 0.273 e. The summed E-state index contributed by atoms with van der Waals surface area (Å²) in [6, 6.07) is 2.50. The average molecular weight is 465 g/mol. The van der Waals surface area contributed by atoms with Gasteiger partial charge in [-0.2, -0.15) is 0 Å². The van der Waals surface area contributed by atoms with E-state index in [1.165, 1.54) is 16.2 Å². The molecule has 9 heteroatoms. The van der Waals surface area contributed by atoms with Crippen LogP contribution >= 0.6 is 11.3 Å². The third-order valence-electron chi connectivity index (χ3n) is 5.75. The van der Waals surface area contributed by atoms with E-state index in [-0.39, 0.29) is 24.8 Å². The van der Waals surface area contributed by atoms with Crippen molar-refractivity contribution in [3.63, 3.8) is 0 Å². The molecular weight excluding hydrogens is 434 g/mol. The van der Waals surface area contributed by atoms with E-state index in [1.807, 2.05) is 0 Å². The molecule has 0 fully saturated rings. The first-order valence-electron chi connectivity index (χ1n) is 11.0. The van der Waals surface area contributed by atoms with Gasteiger partial charge in [0.15, 0.2) is 11.6 Å². The second-order valence-corrected chi connectivity index (χ2v) is 8.95. The van der Waals surface area contributed by atoms with Gasteiger partial charge in [-0.05, 0) is 38.3 Å². The van der Waals surface area contributed by atoms with Crippen LogP contribution in [0.4, 0.5) is 14.5 Å². The molecule has 0 bridgehead atoms. The van der Waals surface area contributed by atoms with Crippen molar-refractivity contribution in [3.8, 4) is 0 Å². The molecule has 0 unspecified atom stereocenters. The molecule has 2 aromatic rings. The predicted octanol–water partition coefficient (Wildman–Crippen LogP) is 4.31. The first kappa shape index (κ1) is 24.3. The summed E-state index contributed by atoms with van der Waals surface area (Å²) >= 11 is 1.33. The molecule has 6 nitrogen and oxygen atoms in total. The van der Waals surface area contributed by atoms with Gasteiger partial charge in [-0.15, -0.1) is 11.3 Å². The number of hydrogen-bond acceptors (Lipinski definition) is 5. The topological polar surface area (TPSA) is 56.8 Å². The zero-order valence-corrected chi connectivity index (χ0v) is 19.6. The summed E-state index contributed by atoms with van der Waals surface area (Å²) in [6.07, 6.45) is 1.70. The minimum Gasteiger partial charge on any atom is -0.333 e. The molecule has 0 saturated heterocycles. The van der Waals surface area contributed by atoms with E-state index in [2.05, 4.69) is 23.7 Å². The molecule has 32 heavy (non-hydrogen) atoms. The highest BCUT2D eigenvalue weighted by atomic mass is 32.1. The minimum absolute atomic E-state index is 0.0675. The van der Waals surface area contributed by atoms with Crippen molar-refractivity contribution in [2.45, 2.75) is 52.6 Å². The Labute approximate surface area is 191 Å². The summed E-state index contributed by atoms with van der Waals surface area (Å²) in [5.74, 6) is -2.43. The Hall–Kier alpha value is -2.39. The van der Waals surface area contributed by atoms with Crippen LogP contribution in [0.1, 0.15) is 56.1 Å². The SMILES string of the molecule is CCC(=O)N1CCCN(C(C)C)CCCN(C(=O)c2cscn2)Cc2cc(F)c(F)cc21. The molecule has 1 aliphatic heterocycles. The summed E-state index contributed by atoms with van der Waals surface area (Å²) in [5, 5.41) is 1.68. The summed E-state index contributed by atoms with van der Waals surface area (Å²) in [6.45, 7) is 8.45. The van der Waals surface area contributed by atoms with E-state index >= 15 is 0 Å². The fourth-order valence-corrected chi connectivity index (χ4v) is 4.51. The van der Waals surface area contributed by atoms with Crippen molar-refractivity contribution in [1.82, 2.24) is 14.8 Å². The maximum absolute atomic E-state index is 14.2. The molecule has 0 aliphatic carbocycles. The maximum atomic E-state index is 14.2. The van der Waals surface area contributed by atoms with Crippen molar-refractivity contribution >= 4 is 28.8 Å². The lowest BCUT2D eigenvalue weighted by Gasteiger charge is -2.32. The van der Waals surface area contributed by atoms with Crippen LogP contribution < -0.4 is 4.90 Å². The Morgan fingerprint density at radius 2 is 1.78 bits per heavy atom. The number of anilines is 1. The van der Waals surface area contributed by atoms with Crippen molar-refractivity contribution < 1.29 is 18.4 Å². The second-order valence-electron chi connectivity index (χ2n) is 8.23. The number of hydrogen-bond donors (Lipinski definition) is 0. The highest BCUT2D eigenvalue weighted by molar-refractivity contribution is 7.07. The van der Waals surface area contributed by atoms with Crippen LogP contribution in [0.15, 0.2) is 23.0 Å². The average Bonchev–Trinajstić information content (AvgIpc) is 3.30. The largest absolute Gasteiger partial charge is 0.333 e. The normalized spacial score (nSPS) is 16.4. The van der Waals surface area contributed by atoms with Crippen LogP contribution in [-0.2, 0) is 11.3 Å². The smallest absolute Gasteiger partial charge is 0.273 e. The standard InChI is InChI=1S/C23H30F2N4O2S/c1-4-22(30)29-10-6-8-27(16(2)3)7-5-9-28(23(31)20-14-32-15-26-20)13-17-11-18(24)19(25)12-21(17)29/h11-12,14-16H,4-10,13H2,1-3H3. The lowest BCUT2D eigenvalue weighted by atomic mass is 10.1. The number of thiazole rings is 1. The molecule has 174 valence electrons. The Morgan fingerprint density at radius 1 is 1.09 bits per heavy atom. The number of rotatable bonds is 3. The molecule has 2 amide bonds. The summed E-state index contributed by atoms with van der Waals surface area (Å²) < 4.78 is 28.5. The first-order valence-corrected chi connectivity index (χ1v) is 12.0. The van der Waals surface area contributed by atoms with Crippen LogP contribution in [0.3, 0.4) is 0 Å². The quantitative estimate of drug-likeness (QED) is 0.679. The van der Waals surface area contributed by atoms with Crippen molar-refractivity contribution in [3.05, 3.63) is 45.9 Å². The van der Waals surface area contributed by atoms with Crippen molar-refractivity contribution in [2.75, 3.05) is 31.1 Å². The van der Waals surface area contributed by atoms with Gasteiger partial charge in [-0.1, -0.05) is 6.92 Å². The molecule has 0 atom stereocenters. The zero-order chi connectivity index (χ0) is 23.3. The number of fused-ring (bicyclic) bond motifs is 1. The molecule has 3 rings (SSSR count). The van der Waals surface area contributed by atoms with E-state index in [0.717, 1.165) is 31.6 Å². The number of aromatic nitrogens is 1. The zero-order valence-electron chi connectivity index (χ0n) is 18.8. The Kier molecular flexibility index (Phi) is 8.31. The Morgan fingerprint density at radius 3 is 2.41 bits per heavy atom. The summed E-state index contributed by atoms with van der Waals surface area (Å²) in [5.41, 5.74) is 2.65. The van der Waals surface area contributed by atoms with E-state index in [0.29, 0.717) is 42.5 Å². The summed E-state index contributed by atoms with van der Waals surface area (Å²) in [4.78, 5) is 35.5. The third kappa shape index (κ3) is 5.69. The Bertz CT molecular complexity index is 936. The van der Waals surface area contributed by atoms with Crippen LogP contribution in [0.5, 0.6) is 0 Å². The van der Waals surface area contributed by atoms with Gasteiger partial charge in [-0.3, -0.25) is 9.59 Å². The van der Waals surface area contributed by atoms with E-state index < -0.39 is 11.6 Å². The van der Waals surface area contributed by atoms with Crippen molar-refractivity contribution in [2.24, 2.45) is 0 Å². The molecule has 0 spiro atoms. The predicted molar refractivity (Wildman–Crippen MR) is 122 cm³/mol. The fourth-order valence-electron chi connectivity index (χ4n) is 3.99. The highest BCUT2D eigenvalue weighted by Crippen LogP contribution is 2.28. The molecule has 1 aromatic carbocycles. The minimum atomic E-state index is -1.01. The van der Waals surface area contributed by atoms with Crippen LogP contribution in [0, 0.1) is 11.6 Å². The number of amides is 2. The molecule has 0 saturated carbocycles. The van der Waals surface area contributed by atoms with Gasteiger partial charge >= 0.3 is 0 Å². The van der Waals surface area contributed by atoms with Crippen LogP contribution in [0.25, 0.3) is 0 Å². The van der Waals surface area contributed by atoms with E-state index in [1.54, 1.807) is 22.7 Å². The molecule has 2 heterocycles. The molecule has 1 aromatic heterocycles. The molecule has 1 aliphatic rings. The lowest BCUT2D eigenvalue weighted by molar-refractivity contribution is -0.118. The van der Waals surface area contributed by atoms with E-state index in [4.69, 9.17) is 0 Å². The van der Waals surface area contributed by atoms with Gasteiger partial charge in [0.2, 0.25) is 5.91 Å². The van der Waals surface area contributed by atoms with Gasteiger partial charge in [0.1, 0.15) is 5.69 Å². The second kappa shape index (κ2) is 11.0. The number of halogens is 2. The van der Waals surface area contributed by atoms with Gasteiger partial charge in [0.25, 0.3) is 5.91 Å². The van der Waals surface area contributed by atoms with Gasteiger partial charge in [0.05, 0.1) is 11.2 Å². The lowest BCUT2D eigenvalue weighted by Crippen LogP contribution is -2.40. The number of carbonyl (C=O) groups excluding carboxylic acids is 2. The third-order valence-corrected chi connectivity index (χ3v) is 6.33. The molecular formula is C23H30F2N4O2S. The van der Waals surface area contributed by atoms with E-state index in [9.17, 15) is 18.4 Å².